The molecule has 0 aliphatic heterocycles. The Bertz CT molecular complexity index is 462. The van der Waals surface area contributed by atoms with E-state index in [0.29, 0.717) is 6.42 Å². The number of rotatable bonds is 8. The molecule has 116 valence electrons. The quantitative estimate of drug-likeness (QED) is 0.744. The van der Waals surface area contributed by atoms with Crippen LogP contribution in [-0.4, -0.2) is 23.0 Å². The molecule has 2 atom stereocenters. The SMILES string of the molecule is CC(=O)C(CCC(OC(C)C)c1ccc(C)cc1)C(=O)O. The molecule has 21 heavy (non-hydrogen) atoms. The fourth-order valence-corrected chi connectivity index (χ4v) is 2.24. The first-order valence-corrected chi connectivity index (χ1v) is 7.26. The van der Waals surface area contributed by atoms with Crippen LogP contribution in [0.5, 0.6) is 0 Å². The van der Waals surface area contributed by atoms with Crippen LogP contribution in [0.2, 0.25) is 0 Å². The topological polar surface area (TPSA) is 63.6 Å². The summed E-state index contributed by atoms with van der Waals surface area (Å²) in [6.07, 6.45) is 0.650. The van der Waals surface area contributed by atoms with Gasteiger partial charge in [-0.15, -0.1) is 0 Å². The van der Waals surface area contributed by atoms with Crippen molar-refractivity contribution in [3.05, 3.63) is 35.4 Å². The van der Waals surface area contributed by atoms with Crippen molar-refractivity contribution in [3.63, 3.8) is 0 Å². The summed E-state index contributed by atoms with van der Waals surface area (Å²) in [6, 6.07) is 8.00. The summed E-state index contributed by atoms with van der Waals surface area (Å²) >= 11 is 0. The molecule has 0 aromatic heterocycles. The number of ketones is 1. The number of ether oxygens (including phenoxy) is 1. The molecular weight excluding hydrogens is 268 g/mol. The zero-order valence-electron chi connectivity index (χ0n) is 13.1. The van der Waals surface area contributed by atoms with Gasteiger partial charge in [0.2, 0.25) is 0 Å². The highest BCUT2D eigenvalue weighted by atomic mass is 16.5. The predicted molar refractivity (Wildman–Crippen MR) is 81.2 cm³/mol. The van der Waals surface area contributed by atoms with Gasteiger partial charge in [-0.05, 0) is 46.1 Å². The first kappa shape index (κ1) is 17.4. The molecule has 0 heterocycles. The number of carbonyl (C=O) groups is 2. The summed E-state index contributed by atoms with van der Waals surface area (Å²) < 4.78 is 5.88. The van der Waals surface area contributed by atoms with Crippen LogP contribution in [0.1, 0.15) is 50.8 Å². The second-order valence-electron chi connectivity index (χ2n) is 5.66. The van der Waals surface area contributed by atoms with E-state index in [1.165, 1.54) is 6.92 Å². The molecule has 2 unspecified atom stereocenters. The van der Waals surface area contributed by atoms with Gasteiger partial charge in [0.1, 0.15) is 11.7 Å². The van der Waals surface area contributed by atoms with Crippen LogP contribution in [0.4, 0.5) is 0 Å². The number of hydrogen-bond donors (Lipinski definition) is 1. The standard InChI is InChI=1S/C17H24O4/c1-11(2)21-16(14-7-5-12(3)6-8-14)10-9-15(13(4)18)17(19)20/h5-8,11,15-16H,9-10H2,1-4H3,(H,19,20). The first-order valence-electron chi connectivity index (χ1n) is 7.26. The number of Topliss-reactive ketones (excluding diaryl/α,β-unsaturated/α-hetero) is 1. The number of hydrogen-bond acceptors (Lipinski definition) is 3. The Kier molecular flexibility index (Phi) is 6.56. The maximum absolute atomic E-state index is 11.4. The van der Waals surface area contributed by atoms with E-state index in [2.05, 4.69) is 0 Å². The number of carbonyl (C=O) groups excluding carboxylic acids is 1. The highest BCUT2D eigenvalue weighted by Gasteiger charge is 2.25. The molecule has 0 bridgehead atoms. The zero-order valence-corrected chi connectivity index (χ0v) is 13.1. The number of benzene rings is 1. The van der Waals surface area contributed by atoms with Crippen molar-refractivity contribution >= 4 is 11.8 Å². The molecule has 0 aliphatic rings. The molecule has 0 saturated carbocycles. The number of aryl methyl sites for hydroxylation is 1. The predicted octanol–water partition coefficient (Wildman–Crippen LogP) is 3.53. The highest BCUT2D eigenvalue weighted by Crippen LogP contribution is 2.27. The smallest absolute Gasteiger partial charge is 0.314 e. The summed E-state index contributed by atoms with van der Waals surface area (Å²) in [5.41, 5.74) is 2.18. The minimum absolute atomic E-state index is 0.0388. The lowest BCUT2D eigenvalue weighted by Gasteiger charge is -2.22. The molecule has 1 aromatic carbocycles. The van der Waals surface area contributed by atoms with Gasteiger partial charge in [-0.3, -0.25) is 9.59 Å². The summed E-state index contributed by atoms with van der Waals surface area (Å²) in [4.78, 5) is 22.5. The molecule has 0 radical (unpaired) electrons. The lowest BCUT2D eigenvalue weighted by molar-refractivity contribution is -0.146. The average Bonchev–Trinajstić information content (AvgIpc) is 2.37. The Balaban J connectivity index is 2.81. The van der Waals surface area contributed by atoms with Crippen molar-refractivity contribution in [3.8, 4) is 0 Å². The van der Waals surface area contributed by atoms with Gasteiger partial charge in [-0.25, -0.2) is 0 Å². The maximum Gasteiger partial charge on any atom is 0.314 e. The largest absolute Gasteiger partial charge is 0.481 e. The van der Waals surface area contributed by atoms with E-state index in [-0.39, 0.29) is 24.4 Å². The van der Waals surface area contributed by atoms with Gasteiger partial charge < -0.3 is 9.84 Å². The molecule has 0 aliphatic carbocycles. The van der Waals surface area contributed by atoms with Crippen LogP contribution in [0.3, 0.4) is 0 Å². The average molecular weight is 292 g/mol. The van der Waals surface area contributed by atoms with E-state index in [1.807, 2.05) is 45.0 Å². The van der Waals surface area contributed by atoms with Crippen LogP contribution in [-0.2, 0) is 14.3 Å². The summed E-state index contributed by atoms with van der Waals surface area (Å²) in [7, 11) is 0. The zero-order chi connectivity index (χ0) is 16.0. The van der Waals surface area contributed by atoms with Crippen molar-refractivity contribution in [1.82, 2.24) is 0 Å². The molecule has 1 rings (SSSR count). The van der Waals surface area contributed by atoms with Gasteiger partial charge in [0.15, 0.2) is 0 Å². The van der Waals surface area contributed by atoms with Gasteiger partial charge in [-0.1, -0.05) is 29.8 Å². The number of aliphatic carboxylic acids is 1. The first-order chi connectivity index (χ1) is 9.81. The Morgan fingerprint density at radius 3 is 2.14 bits per heavy atom. The molecule has 1 aromatic rings. The van der Waals surface area contributed by atoms with E-state index >= 15 is 0 Å². The normalized spacial score (nSPS) is 14.0. The Labute approximate surface area is 126 Å². The third-order valence-corrected chi connectivity index (χ3v) is 3.39. The Morgan fingerprint density at radius 2 is 1.71 bits per heavy atom. The number of carboxylic acids is 1. The van der Waals surface area contributed by atoms with E-state index < -0.39 is 11.9 Å². The van der Waals surface area contributed by atoms with Crippen molar-refractivity contribution < 1.29 is 19.4 Å². The number of carboxylic acid groups (broad SMARTS) is 1. The fourth-order valence-electron chi connectivity index (χ4n) is 2.24. The fraction of sp³-hybridized carbons (Fsp3) is 0.529. The van der Waals surface area contributed by atoms with Crippen LogP contribution >= 0.6 is 0 Å². The van der Waals surface area contributed by atoms with Gasteiger partial charge in [0.25, 0.3) is 0 Å². The Hall–Kier alpha value is -1.68. The minimum Gasteiger partial charge on any atom is -0.481 e. The van der Waals surface area contributed by atoms with E-state index in [9.17, 15) is 9.59 Å². The molecule has 0 spiro atoms. The summed E-state index contributed by atoms with van der Waals surface area (Å²) in [5, 5.41) is 9.08. The van der Waals surface area contributed by atoms with Gasteiger partial charge >= 0.3 is 5.97 Å². The van der Waals surface area contributed by atoms with Gasteiger partial charge in [0.05, 0.1) is 12.2 Å². The second-order valence-corrected chi connectivity index (χ2v) is 5.66. The van der Waals surface area contributed by atoms with Crippen molar-refractivity contribution in [2.45, 2.75) is 52.7 Å². The monoisotopic (exact) mass is 292 g/mol. The van der Waals surface area contributed by atoms with E-state index in [0.717, 1.165) is 11.1 Å². The summed E-state index contributed by atoms with van der Waals surface area (Å²) in [5.74, 6) is -2.32. The molecule has 4 nitrogen and oxygen atoms in total. The van der Waals surface area contributed by atoms with Crippen LogP contribution in [0.25, 0.3) is 0 Å². The molecule has 0 saturated heterocycles. The van der Waals surface area contributed by atoms with Crippen molar-refractivity contribution in [2.75, 3.05) is 0 Å². The maximum atomic E-state index is 11.4. The highest BCUT2D eigenvalue weighted by molar-refractivity contribution is 5.96. The molecule has 0 fully saturated rings. The lowest BCUT2D eigenvalue weighted by Crippen LogP contribution is -2.23. The third kappa shape index (κ3) is 5.68. The second kappa shape index (κ2) is 7.93. The molecule has 4 heteroatoms. The van der Waals surface area contributed by atoms with Crippen LogP contribution in [0, 0.1) is 12.8 Å². The molecular formula is C17H24O4. The van der Waals surface area contributed by atoms with Crippen LogP contribution < -0.4 is 0 Å². The summed E-state index contributed by atoms with van der Waals surface area (Å²) in [6.45, 7) is 7.23. The lowest BCUT2D eigenvalue weighted by atomic mass is 9.94. The Morgan fingerprint density at radius 1 is 1.14 bits per heavy atom. The van der Waals surface area contributed by atoms with Crippen molar-refractivity contribution in [1.29, 1.82) is 0 Å². The van der Waals surface area contributed by atoms with Gasteiger partial charge in [-0.2, -0.15) is 0 Å². The molecule has 0 amide bonds. The van der Waals surface area contributed by atoms with Gasteiger partial charge in [0, 0.05) is 0 Å². The molecule has 1 N–H and O–H groups in total. The van der Waals surface area contributed by atoms with Crippen molar-refractivity contribution in [2.24, 2.45) is 5.92 Å². The van der Waals surface area contributed by atoms with Crippen LogP contribution in [0.15, 0.2) is 24.3 Å². The minimum atomic E-state index is -1.06. The van der Waals surface area contributed by atoms with E-state index in [4.69, 9.17) is 9.84 Å². The third-order valence-electron chi connectivity index (χ3n) is 3.39. The van der Waals surface area contributed by atoms with E-state index in [1.54, 1.807) is 0 Å².